The van der Waals surface area contributed by atoms with Gasteiger partial charge in [0.15, 0.2) is 0 Å². The second-order valence-electron chi connectivity index (χ2n) is 5.36. The van der Waals surface area contributed by atoms with Crippen molar-refractivity contribution in [2.24, 2.45) is 0 Å². The number of sulfonamides is 1. The lowest BCUT2D eigenvalue weighted by molar-refractivity contribution is 0.185. The quantitative estimate of drug-likeness (QED) is 0.708. The number of nitrogens with zero attached hydrogens (tertiary/aromatic N) is 2. The fourth-order valence-electron chi connectivity index (χ4n) is 2.52. The third kappa shape index (κ3) is 4.66. The normalized spacial score (nSPS) is 18.2. The van der Waals surface area contributed by atoms with E-state index in [1.54, 1.807) is 16.4 Å². The number of thiophene rings is 1. The van der Waals surface area contributed by atoms with Crippen molar-refractivity contribution < 1.29 is 8.42 Å². The molecule has 1 fully saturated rings. The van der Waals surface area contributed by atoms with Gasteiger partial charge in [0.25, 0.3) is 10.0 Å². The summed E-state index contributed by atoms with van der Waals surface area (Å²) in [6.07, 6.45) is 5.01. The molecule has 4 nitrogen and oxygen atoms in total. The van der Waals surface area contributed by atoms with Gasteiger partial charge >= 0.3 is 0 Å². The summed E-state index contributed by atoms with van der Waals surface area (Å²) in [6.45, 7) is 6.09. The Morgan fingerprint density at radius 3 is 2.43 bits per heavy atom. The Kier molecular flexibility index (Phi) is 6.50. The van der Waals surface area contributed by atoms with Gasteiger partial charge in [-0.1, -0.05) is 37.8 Å². The van der Waals surface area contributed by atoms with Crippen LogP contribution in [0.5, 0.6) is 0 Å². The summed E-state index contributed by atoms with van der Waals surface area (Å²) >= 11 is 6.97. The molecule has 1 saturated heterocycles. The Labute approximate surface area is 136 Å². The topological polar surface area (TPSA) is 40.6 Å². The molecule has 7 heteroatoms. The van der Waals surface area contributed by atoms with E-state index >= 15 is 0 Å². The van der Waals surface area contributed by atoms with Gasteiger partial charge in [-0.15, -0.1) is 11.3 Å². The monoisotopic (exact) mass is 350 g/mol. The molecule has 1 aliphatic heterocycles. The Balaban J connectivity index is 1.83. The van der Waals surface area contributed by atoms with Crippen molar-refractivity contribution in [3.8, 4) is 0 Å². The van der Waals surface area contributed by atoms with Gasteiger partial charge in [0.2, 0.25) is 0 Å². The molecule has 120 valence electrons. The predicted molar refractivity (Wildman–Crippen MR) is 88.7 cm³/mol. The van der Waals surface area contributed by atoms with E-state index in [4.69, 9.17) is 11.6 Å². The third-order valence-corrected chi connectivity index (χ3v) is 7.40. The summed E-state index contributed by atoms with van der Waals surface area (Å²) in [5.74, 6) is 0. The molecular formula is C14H23ClN2O2S2. The highest BCUT2D eigenvalue weighted by Gasteiger charge is 2.29. The Bertz CT molecular complexity index is 537. The van der Waals surface area contributed by atoms with Crippen LogP contribution in [-0.2, 0) is 10.0 Å². The van der Waals surface area contributed by atoms with E-state index in [0.717, 1.165) is 31.0 Å². The summed E-state index contributed by atoms with van der Waals surface area (Å²) in [5.41, 5.74) is 0. The number of rotatable bonds is 7. The fourth-order valence-corrected chi connectivity index (χ4v) is 5.58. The van der Waals surface area contributed by atoms with Gasteiger partial charge in [0, 0.05) is 26.2 Å². The second-order valence-corrected chi connectivity index (χ2v) is 9.24. The average Bonchev–Trinajstić information content (AvgIpc) is 2.91. The summed E-state index contributed by atoms with van der Waals surface area (Å²) in [4.78, 5) is 2.36. The third-order valence-electron chi connectivity index (χ3n) is 3.80. The smallest absolute Gasteiger partial charge is 0.252 e. The van der Waals surface area contributed by atoms with Crippen LogP contribution in [0, 0.1) is 0 Å². The number of unbranched alkanes of at least 4 members (excludes halogenated alkanes) is 3. The maximum absolute atomic E-state index is 12.5. The Hall–Kier alpha value is -0.140. The van der Waals surface area contributed by atoms with Gasteiger partial charge in [-0.2, -0.15) is 4.31 Å². The number of hydrogen-bond donors (Lipinski definition) is 0. The van der Waals surface area contributed by atoms with E-state index in [1.165, 1.54) is 25.7 Å². The van der Waals surface area contributed by atoms with Crippen LogP contribution in [0.25, 0.3) is 0 Å². The molecule has 1 aromatic rings. The molecule has 0 atom stereocenters. The minimum Gasteiger partial charge on any atom is -0.301 e. The maximum atomic E-state index is 12.5. The largest absolute Gasteiger partial charge is 0.301 e. The number of piperazine rings is 1. The van der Waals surface area contributed by atoms with E-state index in [1.807, 2.05) is 0 Å². The van der Waals surface area contributed by atoms with Crippen LogP contribution < -0.4 is 0 Å². The minimum absolute atomic E-state index is 0.351. The highest BCUT2D eigenvalue weighted by molar-refractivity contribution is 7.91. The molecule has 1 aromatic heterocycles. The molecule has 0 amide bonds. The lowest BCUT2D eigenvalue weighted by atomic mass is 10.2. The van der Waals surface area contributed by atoms with Crippen molar-refractivity contribution in [3.63, 3.8) is 0 Å². The Morgan fingerprint density at radius 2 is 1.86 bits per heavy atom. The zero-order chi connectivity index (χ0) is 15.3. The molecule has 21 heavy (non-hydrogen) atoms. The van der Waals surface area contributed by atoms with Crippen LogP contribution in [0.2, 0.25) is 4.34 Å². The molecule has 0 spiro atoms. The zero-order valence-electron chi connectivity index (χ0n) is 12.4. The number of halogens is 1. The standard InChI is InChI=1S/C14H23ClN2O2S2/c1-2-3-4-5-8-16-9-11-17(12-10-16)21(18,19)14-7-6-13(15)20-14/h6-7H,2-5,8-12H2,1H3. The first kappa shape index (κ1) is 17.2. The SMILES string of the molecule is CCCCCCN1CCN(S(=O)(=O)c2ccc(Cl)s2)CC1. The number of hydrogen-bond acceptors (Lipinski definition) is 4. The van der Waals surface area contributed by atoms with Crippen LogP contribution in [0.4, 0.5) is 0 Å². The van der Waals surface area contributed by atoms with Crippen LogP contribution in [0.1, 0.15) is 32.6 Å². The molecule has 0 aliphatic carbocycles. The van der Waals surface area contributed by atoms with Crippen molar-refractivity contribution in [2.75, 3.05) is 32.7 Å². The maximum Gasteiger partial charge on any atom is 0.252 e. The molecule has 0 radical (unpaired) electrons. The van der Waals surface area contributed by atoms with Gasteiger partial charge in [-0.25, -0.2) is 8.42 Å². The van der Waals surface area contributed by atoms with Gasteiger partial charge in [0.05, 0.1) is 4.34 Å². The van der Waals surface area contributed by atoms with Crippen LogP contribution in [0.3, 0.4) is 0 Å². The van der Waals surface area contributed by atoms with Crippen molar-refractivity contribution in [2.45, 2.75) is 36.8 Å². The van der Waals surface area contributed by atoms with Crippen molar-refractivity contribution in [1.29, 1.82) is 0 Å². The predicted octanol–water partition coefficient (Wildman–Crippen LogP) is 3.29. The molecule has 0 N–H and O–H groups in total. The molecule has 2 rings (SSSR count). The van der Waals surface area contributed by atoms with E-state index in [0.29, 0.717) is 21.6 Å². The van der Waals surface area contributed by atoms with Crippen LogP contribution in [-0.4, -0.2) is 50.3 Å². The molecule has 0 saturated carbocycles. The summed E-state index contributed by atoms with van der Waals surface area (Å²) in [7, 11) is -3.35. The van der Waals surface area contributed by atoms with E-state index in [2.05, 4.69) is 11.8 Å². The first-order chi connectivity index (χ1) is 10.0. The van der Waals surface area contributed by atoms with Crippen molar-refractivity contribution in [1.82, 2.24) is 9.21 Å². The first-order valence-electron chi connectivity index (χ1n) is 7.52. The molecule has 2 heterocycles. The van der Waals surface area contributed by atoms with Gasteiger partial charge in [-0.05, 0) is 25.1 Å². The lowest BCUT2D eigenvalue weighted by Gasteiger charge is -2.33. The van der Waals surface area contributed by atoms with Crippen molar-refractivity contribution >= 4 is 33.0 Å². The molecule has 0 bridgehead atoms. The summed E-state index contributed by atoms with van der Waals surface area (Å²) in [6, 6.07) is 3.24. The first-order valence-corrected chi connectivity index (χ1v) is 10.2. The minimum atomic E-state index is -3.35. The molecular weight excluding hydrogens is 328 g/mol. The second kappa shape index (κ2) is 7.92. The van der Waals surface area contributed by atoms with Crippen molar-refractivity contribution in [3.05, 3.63) is 16.5 Å². The molecule has 1 aliphatic rings. The van der Waals surface area contributed by atoms with Crippen LogP contribution >= 0.6 is 22.9 Å². The lowest BCUT2D eigenvalue weighted by Crippen LogP contribution is -2.48. The zero-order valence-corrected chi connectivity index (χ0v) is 14.8. The molecule has 0 aromatic carbocycles. The average molecular weight is 351 g/mol. The Morgan fingerprint density at radius 1 is 1.14 bits per heavy atom. The fraction of sp³-hybridized carbons (Fsp3) is 0.714. The summed E-state index contributed by atoms with van der Waals surface area (Å²) in [5, 5.41) is 0. The molecule has 0 unspecified atom stereocenters. The van der Waals surface area contributed by atoms with E-state index in [9.17, 15) is 8.42 Å². The van der Waals surface area contributed by atoms with E-state index < -0.39 is 10.0 Å². The van der Waals surface area contributed by atoms with Gasteiger partial charge < -0.3 is 4.90 Å². The summed E-state index contributed by atoms with van der Waals surface area (Å²) < 4.78 is 27.4. The van der Waals surface area contributed by atoms with E-state index in [-0.39, 0.29) is 0 Å². The highest BCUT2D eigenvalue weighted by Crippen LogP contribution is 2.28. The highest BCUT2D eigenvalue weighted by atomic mass is 35.5. The van der Waals surface area contributed by atoms with Gasteiger partial charge in [-0.3, -0.25) is 0 Å². The van der Waals surface area contributed by atoms with Gasteiger partial charge in [0.1, 0.15) is 4.21 Å². The van der Waals surface area contributed by atoms with Crippen LogP contribution in [0.15, 0.2) is 16.3 Å².